The number of carbonyl (C=O) groups is 2. The first-order chi connectivity index (χ1) is 29.3. The van der Waals surface area contributed by atoms with Gasteiger partial charge in [0.25, 0.3) is 5.56 Å². The van der Waals surface area contributed by atoms with Crippen LogP contribution in [0.15, 0.2) is 114 Å². The highest BCUT2D eigenvalue weighted by Crippen LogP contribution is 2.40. The Labute approximate surface area is 347 Å². The van der Waals surface area contributed by atoms with Crippen molar-refractivity contribution in [1.29, 1.82) is 0 Å². The van der Waals surface area contributed by atoms with Crippen LogP contribution in [-0.4, -0.2) is 72.0 Å². The highest BCUT2D eigenvalue weighted by Gasteiger charge is 2.34. The summed E-state index contributed by atoms with van der Waals surface area (Å²) in [6.45, 7) is 3.92. The Morgan fingerprint density at radius 2 is 1.53 bits per heavy atom. The summed E-state index contributed by atoms with van der Waals surface area (Å²) in [6.07, 6.45) is 2.09. The van der Waals surface area contributed by atoms with E-state index in [1.54, 1.807) is 34.8 Å². The minimum absolute atomic E-state index is 0.138. The van der Waals surface area contributed by atoms with Crippen molar-refractivity contribution in [2.24, 2.45) is 0 Å². The van der Waals surface area contributed by atoms with E-state index in [9.17, 15) is 9.59 Å². The lowest BCUT2D eigenvalue weighted by Crippen LogP contribution is -2.46. The van der Waals surface area contributed by atoms with Gasteiger partial charge >= 0.3 is 12.2 Å². The summed E-state index contributed by atoms with van der Waals surface area (Å²) in [5.74, 6) is 1.63. The van der Waals surface area contributed by atoms with Gasteiger partial charge in [0.2, 0.25) is 5.95 Å². The first-order valence-electron chi connectivity index (χ1n) is 20.0. The van der Waals surface area contributed by atoms with Crippen LogP contribution < -0.4 is 30.1 Å². The number of aryl methyl sites for hydroxylation is 1. The van der Waals surface area contributed by atoms with E-state index in [1.165, 1.54) is 0 Å². The Bertz CT molecular complexity index is 2550. The number of pyridine rings is 1. The molecule has 4 aromatic carbocycles. The van der Waals surface area contributed by atoms with Crippen molar-refractivity contribution < 1.29 is 28.5 Å². The number of para-hydroxylation sites is 1. The number of nitrogens with zero attached hydrogens (tertiary/aromatic N) is 6. The molecule has 8 rings (SSSR count). The van der Waals surface area contributed by atoms with E-state index < -0.39 is 18.2 Å². The summed E-state index contributed by atoms with van der Waals surface area (Å²) in [5.41, 5.74) is 5.43. The molecule has 1 atom stereocenters. The van der Waals surface area contributed by atoms with Crippen molar-refractivity contribution >= 4 is 46.2 Å². The minimum Gasteiger partial charge on any atom is -0.497 e. The zero-order valence-corrected chi connectivity index (χ0v) is 33.9. The van der Waals surface area contributed by atoms with Gasteiger partial charge in [-0.05, 0) is 60.7 Å². The third-order valence-electron chi connectivity index (χ3n) is 11.0. The van der Waals surface area contributed by atoms with E-state index in [0.29, 0.717) is 78.0 Å². The molecule has 2 amide bonds. The largest absolute Gasteiger partial charge is 0.497 e. The van der Waals surface area contributed by atoms with E-state index >= 15 is 4.79 Å². The van der Waals surface area contributed by atoms with Crippen LogP contribution >= 0.6 is 0 Å². The minimum atomic E-state index is -0.466. The maximum atomic E-state index is 15.1. The first-order valence-corrected chi connectivity index (χ1v) is 20.0. The SMILES string of the molecule is COc1ccc(CNc2ncc3cc(N4CCN(C(=O)OCc5ccccc5)c5c(C)cccc54)c(=O)n([C@@H]4CCCN(C(=O)OCc5ccccc5)C4)c3n2)c(OC)c1. The Morgan fingerprint density at radius 1 is 0.800 bits per heavy atom. The molecule has 0 spiro atoms. The lowest BCUT2D eigenvalue weighted by Gasteiger charge is -2.38. The van der Waals surface area contributed by atoms with Crippen LogP contribution in [0.1, 0.15) is 41.1 Å². The van der Waals surface area contributed by atoms with Crippen molar-refractivity contribution in [2.45, 2.75) is 45.6 Å². The molecule has 1 N–H and O–H groups in total. The number of anilines is 4. The molecule has 14 nitrogen and oxygen atoms in total. The van der Waals surface area contributed by atoms with Crippen molar-refractivity contribution in [3.05, 3.63) is 142 Å². The van der Waals surface area contributed by atoms with Crippen molar-refractivity contribution in [2.75, 3.05) is 55.5 Å². The fraction of sp³-hybridized carbons (Fsp3) is 0.283. The highest BCUT2D eigenvalue weighted by atomic mass is 16.6. The van der Waals surface area contributed by atoms with Crippen LogP contribution in [0.3, 0.4) is 0 Å². The average molecular weight is 810 g/mol. The molecule has 4 heterocycles. The number of aromatic nitrogens is 3. The maximum absolute atomic E-state index is 15.1. The van der Waals surface area contributed by atoms with Gasteiger partial charge in [0.05, 0.1) is 31.6 Å². The molecule has 6 aromatic rings. The second kappa shape index (κ2) is 17.8. The molecule has 0 saturated carbocycles. The highest BCUT2D eigenvalue weighted by molar-refractivity contribution is 5.97. The average Bonchev–Trinajstić information content (AvgIpc) is 3.29. The third kappa shape index (κ3) is 8.39. The van der Waals surface area contributed by atoms with E-state index in [0.717, 1.165) is 22.3 Å². The number of carbonyl (C=O) groups excluding carboxylic acids is 2. The standard InChI is InChI=1S/C46H47N7O7/c1-31-12-10-18-38-41(31)52(46(56)60-30-33-15-8-5-9-16-33)23-22-51(38)39-24-35-27-48-44(47-26-34-19-20-37(57-2)25-40(34)58-3)49-42(35)53(43(39)54)36-17-11-21-50(28-36)45(55)59-29-32-13-6-4-7-14-32/h4-10,12-16,18-20,24-25,27,36H,11,17,21-23,26,28-30H2,1-3H3,(H,47,48,49)/t36-/m1/s1. The molecule has 0 unspecified atom stereocenters. The number of hydrogen-bond donors (Lipinski definition) is 1. The molecule has 60 heavy (non-hydrogen) atoms. The Hall–Kier alpha value is -7.09. The Morgan fingerprint density at radius 3 is 2.25 bits per heavy atom. The fourth-order valence-corrected chi connectivity index (χ4v) is 7.91. The van der Waals surface area contributed by atoms with Gasteiger partial charge in [0.15, 0.2) is 0 Å². The molecule has 2 aliphatic rings. The van der Waals surface area contributed by atoms with Gasteiger partial charge in [-0.15, -0.1) is 0 Å². The van der Waals surface area contributed by atoms with Crippen molar-refractivity contribution in [1.82, 2.24) is 19.4 Å². The predicted molar refractivity (Wildman–Crippen MR) is 229 cm³/mol. The Balaban J connectivity index is 1.14. The fourth-order valence-electron chi connectivity index (χ4n) is 7.91. The van der Waals surface area contributed by atoms with Gasteiger partial charge in [0.1, 0.15) is 36.0 Å². The quantitative estimate of drug-likeness (QED) is 0.136. The molecule has 2 aromatic heterocycles. The van der Waals surface area contributed by atoms with Crippen LogP contribution in [0.2, 0.25) is 0 Å². The number of likely N-dealkylation sites (tertiary alicyclic amines) is 1. The van der Waals surface area contributed by atoms with E-state index in [-0.39, 0.29) is 31.9 Å². The summed E-state index contributed by atoms with van der Waals surface area (Å²) in [7, 11) is 3.20. The van der Waals surface area contributed by atoms with Gasteiger partial charge in [0, 0.05) is 55.9 Å². The monoisotopic (exact) mass is 809 g/mol. The molecule has 308 valence electrons. The number of benzene rings is 4. The Kier molecular flexibility index (Phi) is 11.8. The number of ether oxygens (including phenoxy) is 4. The molecule has 0 radical (unpaired) electrons. The van der Waals surface area contributed by atoms with Gasteiger partial charge in [-0.3, -0.25) is 14.3 Å². The van der Waals surface area contributed by atoms with E-state index in [1.807, 2.05) is 115 Å². The van der Waals surface area contributed by atoms with Gasteiger partial charge in [-0.1, -0.05) is 72.8 Å². The molecular weight excluding hydrogens is 763 g/mol. The lowest BCUT2D eigenvalue weighted by molar-refractivity contribution is 0.0802. The first kappa shape index (κ1) is 39.7. The summed E-state index contributed by atoms with van der Waals surface area (Å²) in [6, 6.07) is 31.8. The third-order valence-corrected chi connectivity index (χ3v) is 11.0. The number of amides is 2. The number of nitrogens with one attached hydrogen (secondary N) is 1. The van der Waals surface area contributed by atoms with Gasteiger partial charge in [-0.2, -0.15) is 4.98 Å². The van der Waals surface area contributed by atoms with E-state index in [4.69, 9.17) is 23.9 Å². The van der Waals surface area contributed by atoms with Gasteiger partial charge < -0.3 is 34.1 Å². The zero-order valence-electron chi connectivity index (χ0n) is 33.9. The smallest absolute Gasteiger partial charge is 0.414 e. The molecule has 0 bridgehead atoms. The van der Waals surface area contributed by atoms with Gasteiger partial charge in [-0.25, -0.2) is 14.6 Å². The number of hydrogen-bond acceptors (Lipinski definition) is 11. The zero-order chi connectivity index (χ0) is 41.6. The lowest BCUT2D eigenvalue weighted by atomic mass is 10.0. The number of fused-ring (bicyclic) bond motifs is 2. The summed E-state index contributed by atoms with van der Waals surface area (Å²) >= 11 is 0. The summed E-state index contributed by atoms with van der Waals surface area (Å²) in [4.78, 5) is 57.1. The second-order valence-corrected chi connectivity index (χ2v) is 14.8. The van der Waals surface area contributed by atoms with Crippen LogP contribution in [0.25, 0.3) is 11.0 Å². The number of rotatable bonds is 11. The van der Waals surface area contributed by atoms with Crippen LogP contribution in [0.5, 0.6) is 11.5 Å². The number of piperidine rings is 1. The molecular formula is C46H47N7O7. The van der Waals surface area contributed by atoms with Crippen LogP contribution in [0, 0.1) is 6.92 Å². The van der Waals surface area contributed by atoms with Crippen LogP contribution in [-0.2, 0) is 29.2 Å². The summed E-state index contributed by atoms with van der Waals surface area (Å²) in [5, 5.41) is 3.94. The van der Waals surface area contributed by atoms with Crippen molar-refractivity contribution in [3.63, 3.8) is 0 Å². The molecule has 14 heteroatoms. The van der Waals surface area contributed by atoms with Crippen molar-refractivity contribution in [3.8, 4) is 11.5 Å². The molecule has 2 aliphatic heterocycles. The van der Waals surface area contributed by atoms with E-state index in [2.05, 4.69) is 10.3 Å². The normalized spacial score (nSPS) is 15.0. The molecule has 1 saturated heterocycles. The summed E-state index contributed by atoms with van der Waals surface area (Å²) < 4.78 is 24.2. The maximum Gasteiger partial charge on any atom is 0.414 e. The topological polar surface area (TPSA) is 141 Å². The second-order valence-electron chi connectivity index (χ2n) is 14.8. The predicted octanol–water partition coefficient (Wildman–Crippen LogP) is 8.00. The molecule has 1 fully saturated rings. The molecule has 0 aliphatic carbocycles. The number of methoxy groups -OCH3 is 2. The van der Waals surface area contributed by atoms with Crippen LogP contribution in [0.4, 0.5) is 32.6 Å².